The van der Waals surface area contributed by atoms with Gasteiger partial charge >= 0.3 is 0 Å². The fourth-order valence-corrected chi connectivity index (χ4v) is 3.36. The van der Waals surface area contributed by atoms with Crippen molar-refractivity contribution in [3.8, 4) is 17.2 Å². The van der Waals surface area contributed by atoms with Gasteiger partial charge in [0.05, 0.1) is 27.2 Å². The molecule has 27 heavy (non-hydrogen) atoms. The molecule has 0 saturated carbocycles. The summed E-state index contributed by atoms with van der Waals surface area (Å²) in [7, 11) is 3.21. The Labute approximate surface area is 160 Å². The third kappa shape index (κ3) is 5.16. The van der Waals surface area contributed by atoms with Gasteiger partial charge in [-0.1, -0.05) is 24.3 Å². The van der Waals surface area contributed by atoms with Crippen molar-refractivity contribution >= 4 is 5.91 Å². The molecule has 144 valence electrons. The molecule has 0 unspecified atom stereocenters. The molecule has 1 aliphatic heterocycles. The monoisotopic (exact) mass is 369 g/mol. The molecule has 0 atom stereocenters. The SMILES string of the molecule is COc1ccc(CC(=O)N2CCC(COc3ccccc3)CC2)cc1OC. The summed E-state index contributed by atoms with van der Waals surface area (Å²) in [6.07, 6.45) is 2.33. The van der Waals surface area contributed by atoms with Crippen LogP contribution in [0.15, 0.2) is 48.5 Å². The molecule has 0 aromatic heterocycles. The zero-order valence-electron chi connectivity index (χ0n) is 16.0. The third-order valence-corrected chi connectivity index (χ3v) is 5.00. The van der Waals surface area contributed by atoms with Crippen molar-refractivity contribution in [2.24, 2.45) is 5.92 Å². The van der Waals surface area contributed by atoms with Gasteiger partial charge in [-0.2, -0.15) is 0 Å². The Bertz CT molecular complexity index is 739. The number of para-hydroxylation sites is 1. The van der Waals surface area contributed by atoms with Crippen LogP contribution in [0, 0.1) is 5.92 Å². The molecule has 1 saturated heterocycles. The summed E-state index contributed by atoms with van der Waals surface area (Å²) in [5.41, 5.74) is 0.937. The molecule has 1 heterocycles. The number of hydrogen-bond donors (Lipinski definition) is 0. The molecular weight excluding hydrogens is 342 g/mol. The van der Waals surface area contributed by atoms with Crippen molar-refractivity contribution in [1.82, 2.24) is 4.90 Å². The molecule has 1 fully saturated rings. The van der Waals surface area contributed by atoms with Gasteiger partial charge in [0.25, 0.3) is 0 Å². The average molecular weight is 369 g/mol. The highest BCUT2D eigenvalue weighted by atomic mass is 16.5. The van der Waals surface area contributed by atoms with Crippen LogP contribution in [0.25, 0.3) is 0 Å². The second-order valence-electron chi connectivity index (χ2n) is 6.81. The van der Waals surface area contributed by atoms with E-state index < -0.39 is 0 Å². The number of piperidine rings is 1. The predicted molar refractivity (Wildman–Crippen MR) is 104 cm³/mol. The second kappa shape index (κ2) is 9.31. The minimum absolute atomic E-state index is 0.157. The minimum atomic E-state index is 0.157. The first-order valence-electron chi connectivity index (χ1n) is 9.36. The lowest BCUT2D eigenvalue weighted by Crippen LogP contribution is -2.40. The first-order valence-corrected chi connectivity index (χ1v) is 9.36. The molecule has 3 rings (SSSR count). The van der Waals surface area contributed by atoms with E-state index in [4.69, 9.17) is 14.2 Å². The van der Waals surface area contributed by atoms with E-state index in [0.29, 0.717) is 30.4 Å². The maximum atomic E-state index is 12.6. The van der Waals surface area contributed by atoms with Gasteiger partial charge in [0, 0.05) is 13.1 Å². The lowest BCUT2D eigenvalue weighted by molar-refractivity contribution is -0.132. The molecule has 0 N–H and O–H groups in total. The summed E-state index contributed by atoms with van der Waals surface area (Å²) in [4.78, 5) is 14.6. The topological polar surface area (TPSA) is 48.0 Å². The highest BCUT2D eigenvalue weighted by Crippen LogP contribution is 2.28. The highest BCUT2D eigenvalue weighted by Gasteiger charge is 2.23. The van der Waals surface area contributed by atoms with E-state index >= 15 is 0 Å². The van der Waals surface area contributed by atoms with Crippen LogP contribution in [0.5, 0.6) is 17.2 Å². The molecule has 1 amide bonds. The van der Waals surface area contributed by atoms with Crippen molar-refractivity contribution in [2.75, 3.05) is 33.9 Å². The van der Waals surface area contributed by atoms with Crippen LogP contribution in [0.2, 0.25) is 0 Å². The summed E-state index contributed by atoms with van der Waals surface area (Å²) in [5, 5.41) is 0. The van der Waals surface area contributed by atoms with Crippen molar-refractivity contribution in [2.45, 2.75) is 19.3 Å². The normalized spacial score (nSPS) is 14.7. The van der Waals surface area contributed by atoms with E-state index in [1.165, 1.54) is 0 Å². The van der Waals surface area contributed by atoms with Gasteiger partial charge in [0.1, 0.15) is 5.75 Å². The van der Waals surface area contributed by atoms with Gasteiger partial charge in [0.2, 0.25) is 5.91 Å². The number of carbonyl (C=O) groups excluding carboxylic acids is 1. The number of hydrogen-bond acceptors (Lipinski definition) is 4. The largest absolute Gasteiger partial charge is 0.493 e. The molecule has 0 radical (unpaired) electrons. The van der Waals surface area contributed by atoms with Gasteiger partial charge in [0.15, 0.2) is 11.5 Å². The van der Waals surface area contributed by atoms with E-state index in [0.717, 1.165) is 37.2 Å². The quantitative estimate of drug-likeness (QED) is 0.749. The smallest absolute Gasteiger partial charge is 0.226 e. The molecule has 2 aromatic carbocycles. The van der Waals surface area contributed by atoms with E-state index in [1.807, 2.05) is 53.4 Å². The Morgan fingerprint density at radius 2 is 1.70 bits per heavy atom. The summed E-state index contributed by atoms with van der Waals surface area (Å²) < 4.78 is 16.4. The standard InChI is InChI=1S/C22H27NO4/c1-25-20-9-8-18(14-21(20)26-2)15-22(24)23-12-10-17(11-13-23)16-27-19-6-4-3-5-7-19/h3-9,14,17H,10-13,15-16H2,1-2H3. The van der Waals surface area contributed by atoms with E-state index in [1.54, 1.807) is 14.2 Å². The van der Waals surface area contributed by atoms with E-state index in [9.17, 15) is 4.79 Å². The molecule has 5 nitrogen and oxygen atoms in total. The Kier molecular flexibility index (Phi) is 6.58. The van der Waals surface area contributed by atoms with Gasteiger partial charge in [-0.05, 0) is 48.6 Å². The first-order chi connectivity index (χ1) is 13.2. The van der Waals surface area contributed by atoms with Crippen LogP contribution >= 0.6 is 0 Å². The third-order valence-electron chi connectivity index (χ3n) is 5.00. The Balaban J connectivity index is 1.47. The molecule has 1 aliphatic rings. The van der Waals surface area contributed by atoms with Gasteiger partial charge in [-0.15, -0.1) is 0 Å². The van der Waals surface area contributed by atoms with Gasteiger partial charge in [-0.25, -0.2) is 0 Å². The molecule has 5 heteroatoms. The molecule has 0 aliphatic carbocycles. The van der Waals surface area contributed by atoms with Crippen LogP contribution in [0.4, 0.5) is 0 Å². The number of amides is 1. The van der Waals surface area contributed by atoms with Crippen molar-refractivity contribution < 1.29 is 19.0 Å². The Morgan fingerprint density at radius 1 is 1.00 bits per heavy atom. The Morgan fingerprint density at radius 3 is 2.37 bits per heavy atom. The zero-order valence-corrected chi connectivity index (χ0v) is 16.0. The zero-order chi connectivity index (χ0) is 19.1. The Hall–Kier alpha value is -2.69. The maximum Gasteiger partial charge on any atom is 0.226 e. The number of carbonyl (C=O) groups is 1. The molecular formula is C22H27NO4. The summed E-state index contributed by atoms with van der Waals surface area (Å²) in [5.74, 6) is 2.89. The summed E-state index contributed by atoms with van der Waals surface area (Å²) in [6.45, 7) is 2.28. The van der Waals surface area contributed by atoms with Gasteiger partial charge in [-0.3, -0.25) is 4.79 Å². The molecule has 0 spiro atoms. The van der Waals surface area contributed by atoms with Crippen molar-refractivity contribution in [1.29, 1.82) is 0 Å². The number of likely N-dealkylation sites (tertiary alicyclic amines) is 1. The lowest BCUT2D eigenvalue weighted by atomic mass is 9.97. The van der Waals surface area contributed by atoms with E-state index in [2.05, 4.69) is 0 Å². The fraction of sp³-hybridized carbons (Fsp3) is 0.409. The van der Waals surface area contributed by atoms with Crippen LogP contribution in [0.1, 0.15) is 18.4 Å². The summed E-state index contributed by atoms with van der Waals surface area (Å²) in [6, 6.07) is 15.5. The number of ether oxygens (including phenoxy) is 3. The maximum absolute atomic E-state index is 12.6. The number of nitrogens with zero attached hydrogens (tertiary/aromatic N) is 1. The highest BCUT2D eigenvalue weighted by molar-refractivity contribution is 5.79. The second-order valence-corrected chi connectivity index (χ2v) is 6.81. The van der Waals surface area contributed by atoms with Gasteiger partial charge < -0.3 is 19.1 Å². The van der Waals surface area contributed by atoms with Crippen LogP contribution < -0.4 is 14.2 Å². The van der Waals surface area contributed by atoms with E-state index in [-0.39, 0.29) is 5.91 Å². The minimum Gasteiger partial charge on any atom is -0.493 e. The number of benzene rings is 2. The van der Waals surface area contributed by atoms with Crippen molar-refractivity contribution in [3.63, 3.8) is 0 Å². The van der Waals surface area contributed by atoms with Crippen LogP contribution in [0.3, 0.4) is 0 Å². The van der Waals surface area contributed by atoms with Crippen LogP contribution in [-0.2, 0) is 11.2 Å². The average Bonchev–Trinajstić information content (AvgIpc) is 2.73. The predicted octanol–water partition coefficient (Wildman–Crippen LogP) is 3.56. The summed E-state index contributed by atoms with van der Waals surface area (Å²) >= 11 is 0. The fourth-order valence-electron chi connectivity index (χ4n) is 3.36. The first kappa shape index (κ1) is 19.1. The lowest BCUT2D eigenvalue weighted by Gasteiger charge is -2.32. The van der Waals surface area contributed by atoms with Crippen LogP contribution in [-0.4, -0.2) is 44.7 Å². The molecule has 0 bridgehead atoms. The van der Waals surface area contributed by atoms with Crippen molar-refractivity contribution in [3.05, 3.63) is 54.1 Å². The number of rotatable bonds is 7. The molecule has 2 aromatic rings. The number of methoxy groups -OCH3 is 2.